The number of ether oxygens (including phenoxy) is 1. The number of hydrogen-bond donors (Lipinski definition) is 0. The van der Waals surface area contributed by atoms with Crippen molar-refractivity contribution in [1.82, 2.24) is 9.78 Å². The Morgan fingerprint density at radius 1 is 1.17 bits per heavy atom. The van der Waals surface area contributed by atoms with Crippen LogP contribution in [0.5, 0.6) is 0 Å². The maximum atomic E-state index is 11.9. The van der Waals surface area contributed by atoms with E-state index >= 15 is 0 Å². The van der Waals surface area contributed by atoms with E-state index in [1.807, 2.05) is 54.9 Å². The molecule has 4 heteroatoms. The molecule has 3 rings (SSSR count). The van der Waals surface area contributed by atoms with Crippen LogP contribution in [0.15, 0.2) is 54.6 Å². The van der Waals surface area contributed by atoms with Crippen LogP contribution in [0.2, 0.25) is 0 Å². The highest BCUT2D eigenvalue weighted by Gasteiger charge is 2.03. The number of esters is 1. The highest BCUT2D eigenvalue weighted by molar-refractivity contribution is 5.94. The van der Waals surface area contributed by atoms with Gasteiger partial charge in [-0.05, 0) is 42.3 Å². The number of fused-ring (bicyclic) bond motifs is 1. The molecule has 0 radical (unpaired) electrons. The summed E-state index contributed by atoms with van der Waals surface area (Å²) in [6.45, 7) is 4.80. The van der Waals surface area contributed by atoms with Crippen molar-refractivity contribution in [2.24, 2.45) is 0 Å². The minimum absolute atomic E-state index is 0.306. The van der Waals surface area contributed by atoms with E-state index < -0.39 is 0 Å². The Labute approximate surface area is 141 Å². The van der Waals surface area contributed by atoms with Crippen LogP contribution in [-0.4, -0.2) is 22.4 Å². The Morgan fingerprint density at radius 2 is 1.96 bits per heavy atom. The van der Waals surface area contributed by atoms with Gasteiger partial charge < -0.3 is 4.74 Å². The van der Waals surface area contributed by atoms with Gasteiger partial charge in [-0.15, -0.1) is 0 Å². The van der Waals surface area contributed by atoms with Crippen LogP contribution in [0.1, 0.15) is 17.0 Å². The fraction of sp³-hybridized carbons (Fsp3) is 0.200. The van der Waals surface area contributed by atoms with Gasteiger partial charge in [0.2, 0.25) is 0 Å². The average Bonchev–Trinajstić information content (AvgIpc) is 2.90. The molecular formula is C20H20N2O2. The topological polar surface area (TPSA) is 44.1 Å². The molecule has 0 atom stereocenters. The Morgan fingerprint density at radius 3 is 2.75 bits per heavy atom. The van der Waals surface area contributed by atoms with Gasteiger partial charge in [-0.1, -0.05) is 42.5 Å². The van der Waals surface area contributed by atoms with Gasteiger partial charge in [0, 0.05) is 11.8 Å². The first-order valence-electron chi connectivity index (χ1n) is 7.97. The maximum Gasteiger partial charge on any atom is 0.330 e. The number of nitrogens with zero attached hydrogens (tertiary/aromatic N) is 2. The molecule has 4 nitrogen and oxygen atoms in total. The Kier molecular flexibility index (Phi) is 4.75. The standard InChI is InChI=1S/C20H20N2O2/c1-15-14-16(2)22(21-15)12-13-24-20(23)11-10-18-8-5-7-17-6-3-4-9-19(17)18/h3-11,14H,12-13H2,1-2H3/b11-10+. The monoisotopic (exact) mass is 320 g/mol. The molecule has 122 valence electrons. The molecule has 0 saturated heterocycles. The first kappa shape index (κ1) is 16.0. The van der Waals surface area contributed by atoms with E-state index in [0.717, 1.165) is 27.7 Å². The fourth-order valence-electron chi connectivity index (χ4n) is 2.74. The third kappa shape index (κ3) is 3.71. The lowest BCUT2D eigenvalue weighted by atomic mass is 10.0. The van der Waals surface area contributed by atoms with Crippen molar-refractivity contribution in [3.8, 4) is 0 Å². The summed E-state index contributed by atoms with van der Waals surface area (Å²) in [7, 11) is 0. The molecule has 2 aromatic carbocycles. The van der Waals surface area contributed by atoms with E-state index in [4.69, 9.17) is 4.74 Å². The molecule has 0 fully saturated rings. The molecule has 0 unspecified atom stereocenters. The van der Waals surface area contributed by atoms with Crippen LogP contribution in [0.4, 0.5) is 0 Å². The van der Waals surface area contributed by atoms with Gasteiger partial charge in [0.05, 0.1) is 12.2 Å². The number of aryl methyl sites for hydroxylation is 2. The van der Waals surface area contributed by atoms with Gasteiger partial charge in [0.1, 0.15) is 6.61 Å². The van der Waals surface area contributed by atoms with Crippen LogP contribution in [-0.2, 0) is 16.1 Å². The van der Waals surface area contributed by atoms with Crippen molar-refractivity contribution >= 4 is 22.8 Å². The number of aromatic nitrogens is 2. The summed E-state index contributed by atoms with van der Waals surface area (Å²) in [6, 6.07) is 16.1. The smallest absolute Gasteiger partial charge is 0.330 e. The lowest BCUT2D eigenvalue weighted by molar-refractivity contribution is -0.138. The zero-order chi connectivity index (χ0) is 16.9. The zero-order valence-corrected chi connectivity index (χ0v) is 13.9. The predicted octanol–water partition coefficient (Wildman–Crippen LogP) is 3.91. The predicted molar refractivity (Wildman–Crippen MR) is 95.6 cm³/mol. The Bertz CT molecular complexity index is 888. The number of benzene rings is 2. The van der Waals surface area contributed by atoms with E-state index in [1.54, 1.807) is 6.08 Å². The van der Waals surface area contributed by atoms with Gasteiger partial charge in [0.15, 0.2) is 0 Å². The molecule has 0 aliphatic heterocycles. The van der Waals surface area contributed by atoms with Gasteiger partial charge in [-0.2, -0.15) is 5.10 Å². The largest absolute Gasteiger partial charge is 0.461 e. The van der Waals surface area contributed by atoms with Crippen LogP contribution in [0, 0.1) is 13.8 Å². The van der Waals surface area contributed by atoms with Crippen molar-refractivity contribution in [3.05, 3.63) is 71.6 Å². The number of rotatable bonds is 5. The average molecular weight is 320 g/mol. The second-order valence-corrected chi connectivity index (χ2v) is 5.72. The van der Waals surface area contributed by atoms with Crippen LogP contribution >= 0.6 is 0 Å². The normalized spacial score (nSPS) is 11.2. The summed E-state index contributed by atoms with van der Waals surface area (Å²) in [5, 5.41) is 6.61. The van der Waals surface area contributed by atoms with Crippen LogP contribution in [0.25, 0.3) is 16.8 Å². The highest BCUT2D eigenvalue weighted by atomic mass is 16.5. The van der Waals surface area contributed by atoms with E-state index in [-0.39, 0.29) is 5.97 Å². The lowest BCUT2D eigenvalue weighted by Crippen LogP contribution is -2.11. The zero-order valence-electron chi connectivity index (χ0n) is 13.9. The molecule has 3 aromatic rings. The van der Waals surface area contributed by atoms with Crippen molar-refractivity contribution < 1.29 is 9.53 Å². The molecule has 0 bridgehead atoms. The molecule has 0 N–H and O–H groups in total. The number of carbonyl (C=O) groups is 1. The quantitative estimate of drug-likeness (QED) is 0.529. The lowest BCUT2D eigenvalue weighted by Gasteiger charge is -2.05. The van der Waals surface area contributed by atoms with E-state index in [2.05, 4.69) is 17.2 Å². The van der Waals surface area contributed by atoms with Gasteiger partial charge in [0.25, 0.3) is 0 Å². The summed E-state index contributed by atoms with van der Waals surface area (Å²) in [6.07, 6.45) is 3.27. The van der Waals surface area contributed by atoms with Gasteiger partial charge >= 0.3 is 5.97 Å². The molecule has 0 spiro atoms. The SMILES string of the molecule is Cc1cc(C)n(CCOC(=O)/C=C/c2cccc3ccccc23)n1. The third-order valence-electron chi connectivity index (χ3n) is 3.87. The third-order valence-corrected chi connectivity index (χ3v) is 3.87. The maximum absolute atomic E-state index is 11.9. The minimum atomic E-state index is -0.343. The fourth-order valence-corrected chi connectivity index (χ4v) is 2.74. The minimum Gasteiger partial charge on any atom is -0.461 e. The van der Waals surface area contributed by atoms with Crippen molar-refractivity contribution in [3.63, 3.8) is 0 Å². The molecule has 0 aliphatic rings. The van der Waals surface area contributed by atoms with Crippen molar-refractivity contribution in [2.75, 3.05) is 6.61 Å². The Balaban J connectivity index is 1.60. The van der Waals surface area contributed by atoms with Crippen LogP contribution in [0.3, 0.4) is 0 Å². The first-order chi connectivity index (χ1) is 11.6. The molecular weight excluding hydrogens is 300 g/mol. The molecule has 0 aliphatic carbocycles. The molecule has 0 amide bonds. The van der Waals surface area contributed by atoms with Crippen LogP contribution < -0.4 is 0 Å². The molecule has 1 heterocycles. The van der Waals surface area contributed by atoms with Gasteiger partial charge in [-0.25, -0.2) is 4.79 Å². The van der Waals surface area contributed by atoms with E-state index in [1.165, 1.54) is 6.08 Å². The van der Waals surface area contributed by atoms with Gasteiger partial charge in [-0.3, -0.25) is 4.68 Å². The van der Waals surface area contributed by atoms with E-state index in [9.17, 15) is 4.79 Å². The first-order valence-corrected chi connectivity index (χ1v) is 7.97. The summed E-state index contributed by atoms with van der Waals surface area (Å²) in [4.78, 5) is 11.9. The summed E-state index contributed by atoms with van der Waals surface area (Å²) < 4.78 is 7.10. The second-order valence-electron chi connectivity index (χ2n) is 5.72. The van der Waals surface area contributed by atoms with Crippen molar-refractivity contribution in [2.45, 2.75) is 20.4 Å². The molecule has 1 aromatic heterocycles. The van der Waals surface area contributed by atoms with Crippen molar-refractivity contribution in [1.29, 1.82) is 0 Å². The summed E-state index contributed by atoms with van der Waals surface area (Å²) >= 11 is 0. The summed E-state index contributed by atoms with van der Waals surface area (Å²) in [5.74, 6) is -0.343. The number of carbonyl (C=O) groups excluding carboxylic acids is 1. The molecule has 0 saturated carbocycles. The number of hydrogen-bond acceptors (Lipinski definition) is 3. The second kappa shape index (κ2) is 7.13. The van der Waals surface area contributed by atoms with E-state index in [0.29, 0.717) is 13.2 Å². The Hall–Kier alpha value is -2.88. The molecule has 24 heavy (non-hydrogen) atoms. The highest BCUT2D eigenvalue weighted by Crippen LogP contribution is 2.19. The summed E-state index contributed by atoms with van der Waals surface area (Å²) in [5.41, 5.74) is 3.04.